The van der Waals surface area contributed by atoms with Gasteiger partial charge in [0.2, 0.25) is 5.91 Å². The molecule has 21 heavy (non-hydrogen) atoms. The maximum Gasteiger partial charge on any atom is 0.226 e. The first-order valence-electron chi connectivity index (χ1n) is 6.98. The van der Waals surface area contributed by atoms with Gasteiger partial charge in [0.25, 0.3) is 0 Å². The first kappa shape index (κ1) is 15.6. The number of hydrogen-bond acceptors (Lipinski definition) is 5. The highest BCUT2D eigenvalue weighted by atomic mass is 32.1. The smallest absolute Gasteiger partial charge is 0.226 e. The molecule has 1 atom stereocenters. The lowest BCUT2D eigenvalue weighted by Crippen LogP contribution is -2.28. The zero-order chi connectivity index (χ0) is 15.1. The molecule has 2 aromatic rings. The summed E-state index contributed by atoms with van der Waals surface area (Å²) >= 11 is 1.51. The van der Waals surface area contributed by atoms with E-state index < -0.39 is 0 Å². The lowest BCUT2D eigenvalue weighted by molar-refractivity contribution is -0.120. The minimum Gasteiger partial charge on any atom is -0.393 e. The molecule has 2 aromatic heterocycles. The van der Waals surface area contributed by atoms with Crippen molar-refractivity contribution in [3.05, 3.63) is 35.6 Å². The van der Waals surface area contributed by atoms with E-state index >= 15 is 0 Å². The predicted octanol–water partition coefficient (Wildman–Crippen LogP) is 2.02. The SMILES string of the molecule is CCC(O)CCNC(=O)Cc1csc(-c2cccnc2)n1. The van der Waals surface area contributed by atoms with Crippen LogP contribution in [0.5, 0.6) is 0 Å². The highest BCUT2D eigenvalue weighted by Crippen LogP contribution is 2.22. The van der Waals surface area contributed by atoms with Gasteiger partial charge in [-0.3, -0.25) is 9.78 Å². The zero-order valence-electron chi connectivity index (χ0n) is 12.0. The van der Waals surface area contributed by atoms with Crippen molar-refractivity contribution >= 4 is 17.2 Å². The Morgan fingerprint density at radius 2 is 2.38 bits per heavy atom. The molecule has 0 aromatic carbocycles. The summed E-state index contributed by atoms with van der Waals surface area (Å²) in [5.41, 5.74) is 1.72. The normalized spacial score (nSPS) is 12.1. The number of thiazole rings is 1. The molecule has 0 saturated carbocycles. The summed E-state index contributed by atoms with van der Waals surface area (Å²) in [5.74, 6) is -0.0682. The van der Waals surface area contributed by atoms with E-state index in [0.29, 0.717) is 19.4 Å². The Labute approximate surface area is 128 Å². The highest BCUT2D eigenvalue weighted by molar-refractivity contribution is 7.13. The van der Waals surface area contributed by atoms with Crippen molar-refractivity contribution < 1.29 is 9.90 Å². The fourth-order valence-electron chi connectivity index (χ4n) is 1.82. The van der Waals surface area contributed by atoms with E-state index in [2.05, 4.69) is 15.3 Å². The summed E-state index contributed by atoms with van der Waals surface area (Å²) < 4.78 is 0. The third-order valence-corrected chi connectivity index (χ3v) is 4.01. The van der Waals surface area contributed by atoms with Crippen LogP contribution in [0.1, 0.15) is 25.5 Å². The van der Waals surface area contributed by atoms with E-state index in [0.717, 1.165) is 16.3 Å². The number of nitrogens with zero attached hydrogens (tertiary/aromatic N) is 2. The van der Waals surface area contributed by atoms with Gasteiger partial charge in [0.15, 0.2) is 0 Å². The maximum absolute atomic E-state index is 11.8. The van der Waals surface area contributed by atoms with Gasteiger partial charge >= 0.3 is 0 Å². The van der Waals surface area contributed by atoms with Gasteiger partial charge in [-0.1, -0.05) is 6.92 Å². The molecular formula is C15H19N3O2S. The van der Waals surface area contributed by atoms with Crippen LogP contribution in [0.4, 0.5) is 0 Å². The third kappa shape index (κ3) is 4.91. The van der Waals surface area contributed by atoms with Crippen molar-refractivity contribution in [1.82, 2.24) is 15.3 Å². The topological polar surface area (TPSA) is 75.1 Å². The van der Waals surface area contributed by atoms with Crippen LogP contribution in [0.2, 0.25) is 0 Å². The van der Waals surface area contributed by atoms with E-state index in [4.69, 9.17) is 0 Å². The monoisotopic (exact) mass is 305 g/mol. The number of amides is 1. The zero-order valence-corrected chi connectivity index (χ0v) is 12.8. The van der Waals surface area contributed by atoms with E-state index in [9.17, 15) is 9.90 Å². The average Bonchev–Trinajstić information content (AvgIpc) is 2.96. The highest BCUT2D eigenvalue weighted by Gasteiger charge is 2.09. The molecule has 0 aliphatic carbocycles. The van der Waals surface area contributed by atoms with Crippen molar-refractivity contribution in [2.75, 3.05) is 6.54 Å². The van der Waals surface area contributed by atoms with Crippen LogP contribution < -0.4 is 5.32 Å². The number of hydrogen-bond donors (Lipinski definition) is 2. The number of nitrogens with one attached hydrogen (secondary N) is 1. The third-order valence-electron chi connectivity index (χ3n) is 3.07. The average molecular weight is 305 g/mol. The standard InChI is InChI=1S/C15H19N3O2S/c1-2-13(19)5-7-17-14(20)8-12-10-21-15(18-12)11-4-3-6-16-9-11/h3-4,6,9-10,13,19H,2,5,7-8H2,1H3,(H,17,20). The van der Waals surface area contributed by atoms with E-state index in [1.165, 1.54) is 11.3 Å². The molecule has 1 unspecified atom stereocenters. The Morgan fingerprint density at radius 1 is 1.52 bits per heavy atom. The van der Waals surface area contributed by atoms with Gasteiger partial charge in [-0.2, -0.15) is 0 Å². The molecule has 6 heteroatoms. The Kier molecular flexibility index (Phi) is 5.83. The number of rotatable bonds is 7. The van der Waals surface area contributed by atoms with Gasteiger partial charge in [0, 0.05) is 29.9 Å². The van der Waals surface area contributed by atoms with Gasteiger partial charge in [0.1, 0.15) is 5.01 Å². The Bertz CT molecular complexity index is 571. The predicted molar refractivity (Wildman–Crippen MR) is 83.0 cm³/mol. The van der Waals surface area contributed by atoms with Crippen molar-refractivity contribution in [3.63, 3.8) is 0 Å². The molecule has 1 amide bonds. The minimum absolute atomic E-state index is 0.0682. The number of aliphatic hydroxyl groups is 1. The Morgan fingerprint density at radius 3 is 3.10 bits per heavy atom. The molecule has 112 valence electrons. The van der Waals surface area contributed by atoms with Crippen molar-refractivity contribution in [1.29, 1.82) is 0 Å². The van der Waals surface area contributed by atoms with E-state index in [-0.39, 0.29) is 18.4 Å². The van der Waals surface area contributed by atoms with Crippen molar-refractivity contribution in [2.45, 2.75) is 32.3 Å². The number of carbonyl (C=O) groups is 1. The quantitative estimate of drug-likeness (QED) is 0.820. The number of carbonyl (C=O) groups excluding carboxylic acids is 1. The first-order chi connectivity index (χ1) is 10.2. The second kappa shape index (κ2) is 7.85. The fraction of sp³-hybridized carbons (Fsp3) is 0.400. The van der Waals surface area contributed by atoms with Crippen LogP contribution in [0, 0.1) is 0 Å². The molecule has 0 saturated heterocycles. The van der Waals surface area contributed by atoms with Gasteiger partial charge in [-0.05, 0) is 25.0 Å². The van der Waals surface area contributed by atoms with E-state index in [1.54, 1.807) is 12.4 Å². The second-order valence-electron chi connectivity index (χ2n) is 4.76. The van der Waals surface area contributed by atoms with Gasteiger partial charge in [-0.15, -0.1) is 11.3 Å². The van der Waals surface area contributed by atoms with Crippen LogP contribution in [0.15, 0.2) is 29.9 Å². The number of aliphatic hydroxyl groups excluding tert-OH is 1. The van der Waals surface area contributed by atoms with Crippen molar-refractivity contribution in [2.24, 2.45) is 0 Å². The molecule has 5 nitrogen and oxygen atoms in total. The molecule has 2 heterocycles. The molecule has 2 N–H and O–H groups in total. The summed E-state index contributed by atoms with van der Waals surface area (Å²) in [6, 6.07) is 3.81. The van der Waals surface area contributed by atoms with E-state index in [1.807, 2.05) is 24.4 Å². The Hall–Kier alpha value is -1.79. The van der Waals surface area contributed by atoms with Crippen LogP contribution in [-0.2, 0) is 11.2 Å². The number of aromatic nitrogens is 2. The van der Waals surface area contributed by atoms with Crippen LogP contribution in [-0.4, -0.2) is 33.6 Å². The lowest BCUT2D eigenvalue weighted by atomic mass is 10.2. The van der Waals surface area contributed by atoms with Gasteiger partial charge in [0.05, 0.1) is 18.2 Å². The Balaban J connectivity index is 1.84. The minimum atomic E-state index is -0.346. The molecule has 0 fully saturated rings. The summed E-state index contributed by atoms with van der Waals surface area (Å²) in [5, 5.41) is 15.0. The van der Waals surface area contributed by atoms with Gasteiger partial charge < -0.3 is 10.4 Å². The molecule has 0 spiro atoms. The lowest BCUT2D eigenvalue weighted by Gasteiger charge is -2.08. The van der Waals surface area contributed by atoms with Crippen LogP contribution >= 0.6 is 11.3 Å². The maximum atomic E-state index is 11.8. The van der Waals surface area contributed by atoms with Crippen LogP contribution in [0.25, 0.3) is 10.6 Å². The second-order valence-corrected chi connectivity index (χ2v) is 5.62. The number of pyridine rings is 1. The van der Waals surface area contributed by atoms with Crippen molar-refractivity contribution in [3.8, 4) is 10.6 Å². The fourth-order valence-corrected chi connectivity index (χ4v) is 2.63. The van der Waals surface area contributed by atoms with Gasteiger partial charge in [-0.25, -0.2) is 4.98 Å². The molecular weight excluding hydrogens is 286 g/mol. The molecule has 0 aliphatic rings. The summed E-state index contributed by atoms with van der Waals surface area (Å²) in [6.45, 7) is 2.41. The molecule has 2 rings (SSSR count). The molecule has 0 radical (unpaired) electrons. The summed E-state index contributed by atoms with van der Waals surface area (Å²) in [7, 11) is 0. The summed E-state index contributed by atoms with van der Waals surface area (Å²) in [4.78, 5) is 20.3. The first-order valence-corrected chi connectivity index (χ1v) is 7.86. The molecule has 0 bridgehead atoms. The largest absolute Gasteiger partial charge is 0.393 e. The van der Waals surface area contributed by atoms with Crippen LogP contribution in [0.3, 0.4) is 0 Å². The summed E-state index contributed by atoms with van der Waals surface area (Å²) in [6.07, 6.45) is 4.68. The molecule has 0 aliphatic heterocycles.